The number of benzene rings is 3. The van der Waals surface area contributed by atoms with Gasteiger partial charge in [-0.3, -0.25) is 9.59 Å². The summed E-state index contributed by atoms with van der Waals surface area (Å²) in [7, 11) is 0. The van der Waals surface area contributed by atoms with Gasteiger partial charge in [-0.25, -0.2) is 19.0 Å². The number of anilines is 2. The molecule has 7 aromatic rings. The minimum absolute atomic E-state index is 0.0160. The number of nitrogens with two attached hydrogens (primary N) is 2. The number of hydrogen-bond acceptors (Lipinski definition) is 20. The fourth-order valence-corrected chi connectivity index (χ4v) is 7.39. The molecule has 326 valence electrons. The molecule has 4 heterocycles. The Labute approximate surface area is 369 Å². The van der Waals surface area contributed by atoms with Crippen LogP contribution >= 0.6 is 22.7 Å². The van der Waals surface area contributed by atoms with Gasteiger partial charge in [-0.15, -0.1) is 40.9 Å². The summed E-state index contributed by atoms with van der Waals surface area (Å²) in [6.07, 6.45) is 0. The topological polar surface area (TPSA) is 316 Å². The molecule has 0 saturated carbocycles. The van der Waals surface area contributed by atoms with Gasteiger partial charge in [0.25, 0.3) is 23.2 Å². The van der Waals surface area contributed by atoms with E-state index in [-0.39, 0.29) is 80.2 Å². The molecule has 0 bridgehead atoms. The Morgan fingerprint density at radius 3 is 1.39 bits per heavy atom. The number of carboxylic acid groups (broad SMARTS) is 2. The normalized spacial score (nSPS) is 12.0. The molecule has 0 amide bonds. The zero-order valence-corrected chi connectivity index (χ0v) is 36.2. The Bertz CT molecular complexity index is 2830. The Kier molecular flexibility index (Phi) is 11.9. The van der Waals surface area contributed by atoms with Crippen LogP contribution in [0.3, 0.4) is 0 Å². The molecule has 64 heavy (non-hydrogen) atoms. The number of ether oxygens (including phenoxy) is 2. The van der Waals surface area contributed by atoms with E-state index in [9.17, 15) is 29.4 Å². The lowest BCUT2D eigenvalue weighted by molar-refractivity contribution is -0.121. The third-order valence-corrected chi connectivity index (χ3v) is 10.7. The van der Waals surface area contributed by atoms with Crippen molar-refractivity contribution in [2.75, 3.05) is 11.5 Å². The van der Waals surface area contributed by atoms with E-state index in [0.29, 0.717) is 32.5 Å². The molecule has 0 radical (unpaired) electrons. The maximum atomic E-state index is 11.8. The van der Waals surface area contributed by atoms with E-state index in [2.05, 4.69) is 51.0 Å². The summed E-state index contributed by atoms with van der Waals surface area (Å²) >= 11 is 2.32. The van der Waals surface area contributed by atoms with Crippen molar-refractivity contribution in [3.63, 3.8) is 0 Å². The molecule has 0 aliphatic rings. The van der Waals surface area contributed by atoms with Gasteiger partial charge in [0.1, 0.15) is 21.5 Å². The lowest BCUT2D eigenvalue weighted by Crippen LogP contribution is -2.13. The molecule has 7 rings (SSSR count). The molecule has 0 aliphatic carbocycles. The number of carbonyl (C=O) groups excluding carboxylic acids is 2. The van der Waals surface area contributed by atoms with Crippen molar-refractivity contribution in [1.29, 1.82) is 0 Å². The summed E-state index contributed by atoms with van der Waals surface area (Å²) in [6, 6.07) is 15.3. The molecule has 0 saturated heterocycles. The highest BCUT2D eigenvalue weighted by Crippen LogP contribution is 2.41. The molecule has 4 aromatic heterocycles. The van der Waals surface area contributed by atoms with E-state index < -0.39 is 22.8 Å². The van der Waals surface area contributed by atoms with Crippen LogP contribution in [0, 0.1) is 0 Å². The lowest BCUT2D eigenvalue weighted by atomic mass is 9.91. The standard InChI is InChI=1S/C40H36N14O8S2/c1-39(2,3)29-27(31(41)53(51-29)23-11-21(35(57)58)13-25(15-23)61-17-55)43-47-37-49-45-33(63-37)19-8-7-9-20(10-19)34-46-50-38(64-34)48-44-28-30(40(4,5)6)52-54(32(28)42)24-12-22(36(59)60)14-26(16-24)62-18-56/h7-18H,41-42H2,1-6H3,(H,57,58)(H,59,60). The fraction of sp³-hybridized carbons (Fsp3) is 0.200. The zero-order valence-electron chi connectivity index (χ0n) is 34.6. The summed E-state index contributed by atoms with van der Waals surface area (Å²) in [5, 5.41) is 64.5. The third-order valence-electron chi connectivity index (χ3n) is 9.00. The number of hydrogen-bond donors (Lipinski definition) is 4. The molecule has 0 spiro atoms. The summed E-state index contributed by atoms with van der Waals surface area (Å²) in [5.41, 5.74) is 14.8. The Morgan fingerprint density at radius 1 is 0.625 bits per heavy atom. The van der Waals surface area contributed by atoms with Crippen LogP contribution in [-0.4, -0.2) is 75.1 Å². The predicted molar refractivity (Wildman–Crippen MR) is 233 cm³/mol. The summed E-state index contributed by atoms with van der Waals surface area (Å²) < 4.78 is 12.5. The van der Waals surface area contributed by atoms with Crippen LogP contribution in [0.1, 0.15) is 73.6 Å². The highest BCUT2D eigenvalue weighted by molar-refractivity contribution is 7.18. The first-order valence-corrected chi connectivity index (χ1v) is 20.3. The van der Waals surface area contributed by atoms with E-state index in [1.165, 1.54) is 45.8 Å². The van der Waals surface area contributed by atoms with Crippen molar-refractivity contribution >= 4 is 80.8 Å². The summed E-state index contributed by atoms with van der Waals surface area (Å²) in [6.45, 7) is 11.8. The molecular formula is C40H36N14O8S2. The zero-order chi connectivity index (χ0) is 46.1. The molecular weight excluding hydrogens is 869 g/mol. The van der Waals surface area contributed by atoms with Crippen molar-refractivity contribution in [3.05, 3.63) is 83.2 Å². The first-order chi connectivity index (χ1) is 30.3. The summed E-state index contributed by atoms with van der Waals surface area (Å²) in [4.78, 5) is 45.7. The second kappa shape index (κ2) is 17.3. The largest absolute Gasteiger partial charge is 0.478 e. The number of nitrogen functional groups attached to an aromatic ring is 2. The SMILES string of the molecule is CC(C)(C)c1nn(-c2cc(OC=O)cc(C(=O)O)c2)c(N)c1N=Nc1nnc(-c2cccc(-c3nnc(N=Nc4c(C(C)(C)C)nn(-c5cc(OC=O)cc(C(=O)O)c5)c4N)s3)c2)s1. The molecule has 22 nitrogen and oxygen atoms in total. The first-order valence-electron chi connectivity index (χ1n) is 18.7. The smallest absolute Gasteiger partial charge is 0.335 e. The minimum atomic E-state index is -1.25. The molecule has 3 aromatic carbocycles. The minimum Gasteiger partial charge on any atom is -0.478 e. The predicted octanol–water partition coefficient (Wildman–Crippen LogP) is 8.15. The number of aromatic carboxylic acids is 2. The Morgan fingerprint density at radius 2 is 1.03 bits per heavy atom. The Balaban J connectivity index is 1.14. The van der Waals surface area contributed by atoms with Gasteiger partial charge in [-0.2, -0.15) is 10.2 Å². The second-order valence-corrected chi connectivity index (χ2v) is 17.6. The van der Waals surface area contributed by atoms with Crippen LogP contribution in [0.2, 0.25) is 0 Å². The second-order valence-electron chi connectivity index (χ2n) is 15.7. The van der Waals surface area contributed by atoms with E-state index in [1.54, 1.807) is 0 Å². The number of azo groups is 2. The Hall–Kier alpha value is -8.12. The first kappa shape index (κ1) is 44.0. The highest BCUT2D eigenvalue weighted by Gasteiger charge is 2.29. The van der Waals surface area contributed by atoms with Crippen LogP contribution in [0.5, 0.6) is 11.5 Å². The quantitative estimate of drug-likeness (QED) is 0.0590. The molecule has 0 fully saturated rings. The maximum absolute atomic E-state index is 11.8. The lowest BCUT2D eigenvalue weighted by Gasteiger charge is -2.15. The van der Waals surface area contributed by atoms with Crippen molar-refractivity contribution in [2.45, 2.75) is 52.4 Å². The van der Waals surface area contributed by atoms with Crippen molar-refractivity contribution in [1.82, 2.24) is 40.0 Å². The number of nitrogens with zero attached hydrogens (tertiary/aromatic N) is 12. The molecule has 0 atom stereocenters. The maximum Gasteiger partial charge on any atom is 0.335 e. The molecule has 0 aliphatic heterocycles. The van der Waals surface area contributed by atoms with Gasteiger partial charge in [0.2, 0.25) is 0 Å². The van der Waals surface area contributed by atoms with E-state index >= 15 is 0 Å². The summed E-state index contributed by atoms with van der Waals surface area (Å²) in [5.74, 6) is -2.41. The van der Waals surface area contributed by atoms with Crippen molar-refractivity contribution in [3.8, 4) is 44.0 Å². The van der Waals surface area contributed by atoms with Gasteiger partial charge < -0.3 is 31.2 Å². The number of aromatic nitrogens is 8. The monoisotopic (exact) mass is 904 g/mol. The van der Waals surface area contributed by atoms with Gasteiger partial charge >= 0.3 is 11.9 Å². The van der Waals surface area contributed by atoms with E-state index in [0.717, 1.165) is 22.7 Å². The number of rotatable bonds is 14. The number of carbonyl (C=O) groups is 4. The van der Waals surface area contributed by atoms with Crippen molar-refractivity contribution in [2.24, 2.45) is 20.5 Å². The molecule has 6 N–H and O–H groups in total. The highest BCUT2D eigenvalue weighted by atomic mass is 32.1. The van der Waals surface area contributed by atoms with Crippen LogP contribution in [-0.2, 0) is 20.4 Å². The molecule has 0 unspecified atom stereocenters. The van der Waals surface area contributed by atoms with Crippen LogP contribution < -0.4 is 20.9 Å². The van der Waals surface area contributed by atoms with E-state index in [4.69, 9.17) is 20.9 Å². The van der Waals surface area contributed by atoms with Crippen LogP contribution in [0.4, 0.5) is 33.3 Å². The van der Waals surface area contributed by atoms with Crippen molar-refractivity contribution < 1.29 is 38.9 Å². The van der Waals surface area contributed by atoms with E-state index in [1.807, 2.05) is 65.8 Å². The van der Waals surface area contributed by atoms with Gasteiger partial charge in [0.15, 0.2) is 23.0 Å². The third kappa shape index (κ3) is 9.21. The average Bonchev–Trinajstić information content (AvgIpc) is 4.05. The van der Waals surface area contributed by atoms with Crippen LogP contribution in [0.25, 0.3) is 32.5 Å². The number of carboxylic acids is 2. The van der Waals surface area contributed by atoms with Crippen LogP contribution in [0.15, 0.2) is 81.1 Å². The fourth-order valence-electron chi connectivity index (χ4n) is 6.07. The van der Waals surface area contributed by atoms with Gasteiger partial charge in [-0.05, 0) is 30.3 Å². The van der Waals surface area contributed by atoms with Gasteiger partial charge in [0.05, 0.1) is 33.9 Å². The van der Waals surface area contributed by atoms with Gasteiger partial charge in [0, 0.05) is 34.1 Å². The van der Waals surface area contributed by atoms with Gasteiger partial charge in [-0.1, -0.05) is 82.4 Å². The molecule has 24 heteroatoms. The average molecular weight is 905 g/mol.